The van der Waals surface area contributed by atoms with Crippen LogP contribution < -0.4 is 5.32 Å². The van der Waals surface area contributed by atoms with E-state index in [4.69, 9.17) is 11.6 Å². The molecule has 1 N–H and O–H groups in total. The van der Waals surface area contributed by atoms with Gasteiger partial charge in [-0.2, -0.15) is 0 Å². The Bertz CT molecular complexity index is 855. The van der Waals surface area contributed by atoms with Crippen molar-refractivity contribution in [2.24, 2.45) is 0 Å². The summed E-state index contributed by atoms with van der Waals surface area (Å²) in [6, 6.07) is 13.1. The third-order valence-corrected chi connectivity index (χ3v) is 3.81. The number of amides is 1. The highest BCUT2D eigenvalue weighted by molar-refractivity contribution is 6.30. The van der Waals surface area contributed by atoms with Gasteiger partial charge in [-0.3, -0.25) is 9.20 Å². The highest BCUT2D eigenvalue weighted by Gasteiger charge is 2.04. The van der Waals surface area contributed by atoms with Crippen molar-refractivity contribution < 1.29 is 4.79 Å². The van der Waals surface area contributed by atoms with Gasteiger partial charge >= 0.3 is 0 Å². The molecule has 3 rings (SSSR count). The predicted octanol–water partition coefficient (Wildman–Crippen LogP) is 3.14. The first-order chi connectivity index (χ1) is 11.7. The van der Waals surface area contributed by atoms with Crippen molar-refractivity contribution in [2.45, 2.75) is 12.8 Å². The van der Waals surface area contributed by atoms with Crippen LogP contribution in [-0.4, -0.2) is 27.0 Å². The largest absolute Gasteiger partial charge is 0.353 e. The van der Waals surface area contributed by atoms with Crippen LogP contribution in [0.25, 0.3) is 11.7 Å². The Morgan fingerprint density at radius 2 is 2.00 bits per heavy atom. The fraction of sp³-hybridized carbons (Fsp3) is 0.167. The van der Waals surface area contributed by atoms with E-state index in [2.05, 4.69) is 15.5 Å². The van der Waals surface area contributed by atoms with Gasteiger partial charge in [0.05, 0.1) is 0 Å². The van der Waals surface area contributed by atoms with Gasteiger partial charge in [-0.1, -0.05) is 29.8 Å². The second-order valence-corrected chi connectivity index (χ2v) is 5.76. The highest BCUT2D eigenvalue weighted by Crippen LogP contribution is 2.10. The first-order valence-corrected chi connectivity index (χ1v) is 8.10. The molecule has 3 aromatic rings. The van der Waals surface area contributed by atoms with E-state index in [-0.39, 0.29) is 5.91 Å². The number of fused-ring (bicyclic) bond motifs is 1. The maximum absolute atomic E-state index is 11.8. The number of hydrogen-bond acceptors (Lipinski definition) is 3. The number of halogens is 1. The Hall–Kier alpha value is -2.66. The SMILES string of the molecule is O=C(/C=C/c1ccc(Cl)cc1)NCCCc1nnc2ccccn12. The minimum Gasteiger partial charge on any atom is -0.353 e. The highest BCUT2D eigenvalue weighted by atomic mass is 35.5. The number of nitrogens with zero attached hydrogens (tertiary/aromatic N) is 3. The molecule has 0 radical (unpaired) electrons. The summed E-state index contributed by atoms with van der Waals surface area (Å²) in [5, 5.41) is 11.8. The van der Waals surface area contributed by atoms with Crippen molar-refractivity contribution in [1.29, 1.82) is 0 Å². The number of aromatic nitrogens is 3. The molecule has 5 nitrogen and oxygen atoms in total. The minimum absolute atomic E-state index is 0.115. The summed E-state index contributed by atoms with van der Waals surface area (Å²) in [4.78, 5) is 11.8. The van der Waals surface area contributed by atoms with Crippen LogP contribution in [0.2, 0.25) is 5.02 Å². The van der Waals surface area contributed by atoms with Crippen LogP contribution >= 0.6 is 11.6 Å². The topological polar surface area (TPSA) is 59.3 Å². The zero-order valence-corrected chi connectivity index (χ0v) is 13.8. The molecule has 6 heteroatoms. The number of nitrogens with one attached hydrogen (secondary N) is 1. The summed E-state index contributed by atoms with van der Waals surface area (Å²) in [5.41, 5.74) is 1.77. The van der Waals surface area contributed by atoms with Crippen LogP contribution in [0.3, 0.4) is 0 Å². The Labute approximate surface area is 145 Å². The van der Waals surface area contributed by atoms with Gasteiger partial charge in [0.1, 0.15) is 5.82 Å². The van der Waals surface area contributed by atoms with E-state index in [1.807, 2.05) is 40.9 Å². The third kappa shape index (κ3) is 4.20. The molecule has 2 aromatic heterocycles. The lowest BCUT2D eigenvalue weighted by Crippen LogP contribution is -2.22. The van der Waals surface area contributed by atoms with Gasteiger partial charge in [0.25, 0.3) is 0 Å². The van der Waals surface area contributed by atoms with Gasteiger partial charge in [0, 0.05) is 30.3 Å². The summed E-state index contributed by atoms with van der Waals surface area (Å²) in [7, 11) is 0. The standard InChI is InChI=1S/C18H17ClN4O/c19-15-9-6-14(7-10-15)8-11-18(24)20-12-3-5-17-22-21-16-4-1-2-13-23(16)17/h1-2,4,6-11,13H,3,5,12H2,(H,20,24)/b11-8+. The molecule has 1 amide bonds. The van der Waals surface area contributed by atoms with Crippen molar-refractivity contribution in [2.75, 3.05) is 6.54 Å². The number of benzene rings is 1. The van der Waals surface area contributed by atoms with Gasteiger partial charge in [0.2, 0.25) is 5.91 Å². The number of rotatable bonds is 6. The number of hydrogen-bond donors (Lipinski definition) is 1. The Kier molecular flexibility index (Phi) is 5.23. The Morgan fingerprint density at radius 3 is 2.83 bits per heavy atom. The van der Waals surface area contributed by atoms with E-state index in [0.29, 0.717) is 11.6 Å². The lowest BCUT2D eigenvalue weighted by atomic mass is 10.2. The average molecular weight is 341 g/mol. The Balaban J connectivity index is 1.44. The summed E-state index contributed by atoms with van der Waals surface area (Å²) in [6.07, 6.45) is 6.79. The van der Waals surface area contributed by atoms with Crippen LogP contribution in [0.1, 0.15) is 17.8 Å². The van der Waals surface area contributed by atoms with E-state index in [9.17, 15) is 4.79 Å². The average Bonchev–Trinajstić information content (AvgIpc) is 3.01. The van der Waals surface area contributed by atoms with Gasteiger partial charge in [-0.15, -0.1) is 10.2 Å². The zero-order chi connectivity index (χ0) is 16.8. The molecule has 0 aliphatic carbocycles. The number of carbonyl (C=O) groups is 1. The van der Waals surface area contributed by atoms with Crippen LogP contribution in [-0.2, 0) is 11.2 Å². The molecule has 0 atom stereocenters. The van der Waals surface area contributed by atoms with Crippen LogP contribution in [0.15, 0.2) is 54.7 Å². The molecule has 0 bridgehead atoms. The first kappa shape index (κ1) is 16.2. The molecule has 1 aromatic carbocycles. The second kappa shape index (κ2) is 7.75. The van der Waals surface area contributed by atoms with Gasteiger partial charge in [-0.25, -0.2) is 0 Å². The lowest BCUT2D eigenvalue weighted by molar-refractivity contribution is -0.116. The molecule has 122 valence electrons. The Morgan fingerprint density at radius 1 is 1.17 bits per heavy atom. The normalized spacial score (nSPS) is 11.2. The van der Waals surface area contributed by atoms with Crippen molar-refractivity contribution >= 4 is 29.2 Å². The quantitative estimate of drug-likeness (QED) is 0.554. The number of aryl methyl sites for hydroxylation is 1. The fourth-order valence-corrected chi connectivity index (χ4v) is 2.45. The van der Waals surface area contributed by atoms with E-state index >= 15 is 0 Å². The van der Waals surface area contributed by atoms with Crippen molar-refractivity contribution in [3.8, 4) is 0 Å². The first-order valence-electron chi connectivity index (χ1n) is 7.72. The van der Waals surface area contributed by atoms with E-state index in [1.54, 1.807) is 18.2 Å². The second-order valence-electron chi connectivity index (χ2n) is 5.32. The molecule has 0 spiro atoms. The van der Waals surface area contributed by atoms with Crippen LogP contribution in [0.5, 0.6) is 0 Å². The molecule has 0 saturated carbocycles. The maximum Gasteiger partial charge on any atom is 0.243 e. The molecule has 24 heavy (non-hydrogen) atoms. The molecule has 0 saturated heterocycles. The molecule has 0 aliphatic rings. The zero-order valence-electron chi connectivity index (χ0n) is 13.0. The van der Waals surface area contributed by atoms with Crippen LogP contribution in [0.4, 0.5) is 0 Å². The molecule has 2 heterocycles. The smallest absolute Gasteiger partial charge is 0.243 e. The van der Waals surface area contributed by atoms with E-state index in [0.717, 1.165) is 29.9 Å². The summed E-state index contributed by atoms with van der Waals surface area (Å²) >= 11 is 5.82. The number of pyridine rings is 1. The maximum atomic E-state index is 11.8. The molecule has 0 fully saturated rings. The minimum atomic E-state index is -0.115. The number of carbonyl (C=O) groups excluding carboxylic acids is 1. The van der Waals surface area contributed by atoms with Crippen molar-refractivity contribution in [3.05, 3.63) is 71.1 Å². The van der Waals surface area contributed by atoms with Gasteiger partial charge in [-0.05, 0) is 42.3 Å². The fourth-order valence-electron chi connectivity index (χ4n) is 2.32. The van der Waals surface area contributed by atoms with Gasteiger partial charge < -0.3 is 5.32 Å². The summed E-state index contributed by atoms with van der Waals surface area (Å²) in [5.74, 6) is 0.785. The molecule has 0 aliphatic heterocycles. The monoisotopic (exact) mass is 340 g/mol. The lowest BCUT2D eigenvalue weighted by Gasteiger charge is -2.02. The molecule has 0 unspecified atom stereocenters. The molecular weight excluding hydrogens is 324 g/mol. The van der Waals surface area contributed by atoms with E-state index in [1.165, 1.54) is 6.08 Å². The van der Waals surface area contributed by atoms with E-state index < -0.39 is 0 Å². The summed E-state index contributed by atoms with van der Waals surface area (Å²) in [6.45, 7) is 0.589. The predicted molar refractivity (Wildman–Crippen MR) is 94.8 cm³/mol. The van der Waals surface area contributed by atoms with Crippen LogP contribution in [0, 0.1) is 0 Å². The molecular formula is C18H17ClN4O. The van der Waals surface area contributed by atoms with Crippen molar-refractivity contribution in [1.82, 2.24) is 19.9 Å². The third-order valence-electron chi connectivity index (χ3n) is 3.56. The van der Waals surface area contributed by atoms with Gasteiger partial charge in [0.15, 0.2) is 5.65 Å². The summed E-state index contributed by atoms with van der Waals surface area (Å²) < 4.78 is 1.96. The van der Waals surface area contributed by atoms with Crippen molar-refractivity contribution in [3.63, 3.8) is 0 Å².